The summed E-state index contributed by atoms with van der Waals surface area (Å²) in [5, 5.41) is 0. The van der Waals surface area contributed by atoms with Crippen LogP contribution in [0.3, 0.4) is 0 Å². The predicted octanol–water partition coefficient (Wildman–Crippen LogP) is 6.63. The fourth-order valence-electron chi connectivity index (χ4n) is 3.07. The van der Waals surface area contributed by atoms with Crippen LogP contribution in [0.1, 0.15) is 96.8 Å². The number of rotatable bonds is 15. The second-order valence-electron chi connectivity index (χ2n) is 8.05. The summed E-state index contributed by atoms with van der Waals surface area (Å²) in [7, 11) is 6.00. The Morgan fingerprint density at radius 2 is 0.885 bits per heavy atom. The van der Waals surface area contributed by atoms with Gasteiger partial charge in [0.05, 0.1) is 0 Å². The van der Waals surface area contributed by atoms with Gasteiger partial charge in [0.25, 0.3) is 0 Å². The van der Waals surface area contributed by atoms with Gasteiger partial charge in [-0.25, -0.2) is 4.57 Å². The normalized spacial score (nSPS) is 10.7. The van der Waals surface area contributed by atoms with Gasteiger partial charge >= 0.3 is 0 Å². The minimum Gasteiger partial charge on any atom is -0.312 e. The molecule has 0 spiro atoms. The van der Waals surface area contributed by atoms with Crippen molar-refractivity contribution in [2.75, 3.05) is 21.1 Å². The van der Waals surface area contributed by atoms with E-state index in [1.165, 1.54) is 96.4 Å². The Hall–Kier alpha value is -0.890. The van der Waals surface area contributed by atoms with Gasteiger partial charge in [0, 0.05) is 18.6 Å². The number of aryl methyl sites for hydroxylation is 1. The lowest BCUT2D eigenvalue weighted by atomic mass is 10.0. The molecule has 1 rings (SSSR count). The topological polar surface area (TPSA) is 7.12 Å². The van der Waals surface area contributed by atoms with Crippen LogP contribution >= 0.6 is 0 Å². The van der Waals surface area contributed by atoms with Crippen LogP contribution in [0.25, 0.3) is 0 Å². The molecule has 152 valence electrons. The fourth-order valence-corrected chi connectivity index (χ4v) is 3.07. The first-order valence-electron chi connectivity index (χ1n) is 11.2. The molecule has 26 heavy (non-hydrogen) atoms. The Kier molecular flexibility index (Phi) is 19.7. The van der Waals surface area contributed by atoms with E-state index in [-0.39, 0.29) is 0 Å². The number of nitrogens with zero attached hydrogens (tertiary/aromatic N) is 2. The summed E-state index contributed by atoms with van der Waals surface area (Å²) in [4.78, 5) is 2.00. The SMILES string of the molecule is CCCCCCCCCCCCCCCC[n+]1ccccc1.CN(C)C. The van der Waals surface area contributed by atoms with Crippen molar-refractivity contribution in [1.82, 2.24) is 4.90 Å². The second kappa shape index (κ2) is 20.4. The molecule has 0 fully saturated rings. The molecule has 0 atom stereocenters. The molecule has 1 heterocycles. The average molecular weight is 364 g/mol. The molecule has 0 aliphatic rings. The first kappa shape index (κ1) is 25.1. The molecule has 0 aliphatic heterocycles. The highest BCUT2D eigenvalue weighted by molar-refractivity contribution is 4.83. The lowest BCUT2D eigenvalue weighted by molar-refractivity contribution is -0.697. The van der Waals surface area contributed by atoms with Gasteiger partial charge in [-0.05, 0) is 27.6 Å². The van der Waals surface area contributed by atoms with Crippen molar-refractivity contribution in [2.45, 2.75) is 103 Å². The molecule has 2 heteroatoms. The predicted molar refractivity (Wildman–Crippen MR) is 117 cm³/mol. The van der Waals surface area contributed by atoms with E-state index >= 15 is 0 Å². The van der Waals surface area contributed by atoms with Gasteiger partial charge in [0.2, 0.25) is 0 Å². The van der Waals surface area contributed by atoms with Gasteiger partial charge in [-0.3, -0.25) is 0 Å². The van der Waals surface area contributed by atoms with Gasteiger partial charge in [0.15, 0.2) is 12.4 Å². The number of aromatic nitrogens is 1. The Morgan fingerprint density at radius 1 is 0.538 bits per heavy atom. The third kappa shape index (κ3) is 21.2. The van der Waals surface area contributed by atoms with E-state index in [1.54, 1.807) is 0 Å². The number of hydrogen-bond acceptors (Lipinski definition) is 1. The van der Waals surface area contributed by atoms with E-state index in [4.69, 9.17) is 0 Å². The van der Waals surface area contributed by atoms with Crippen LogP contribution in [0.4, 0.5) is 0 Å². The molecule has 0 N–H and O–H groups in total. The molecule has 1 aromatic heterocycles. The van der Waals surface area contributed by atoms with E-state index < -0.39 is 0 Å². The lowest BCUT2D eigenvalue weighted by Crippen LogP contribution is -2.32. The van der Waals surface area contributed by atoms with Crippen LogP contribution in [0.15, 0.2) is 30.6 Å². The van der Waals surface area contributed by atoms with Gasteiger partial charge < -0.3 is 4.90 Å². The second-order valence-corrected chi connectivity index (χ2v) is 8.05. The van der Waals surface area contributed by atoms with Crippen molar-refractivity contribution < 1.29 is 4.57 Å². The molecule has 0 radical (unpaired) electrons. The maximum absolute atomic E-state index is 2.29. The van der Waals surface area contributed by atoms with E-state index in [2.05, 4.69) is 42.1 Å². The zero-order valence-electron chi connectivity index (χ0n) is 18.4. The van der Waals surface area contributed by atoms with Crippen molar-refractivity contribution in [2.24, 2.45) is 0 Å². The number of unbranched alkanes of at least 4 members (excludes halogenated alkanes) is 13. The van der Waals surface area contributed by atoms with Crippen LogP contribution in [-0.2, 0) is 6.54 Å². The molecular formula is C24H47N2+. The number of pyridine rings is 1. The largest absolute Gasteiger partial charge is 0.312 e. The summed E-state index contributed by atoms with van der Waals surface area (Å²) in [5.41, 5.74) is 0. The lowest BCUT2D eigenvalue weighted by Gasteiger charge is -2.02. The Labute approximate surface area is 165 Å². The maximum atomic E-state index is 2.29. The van der Waals surface area contributed by atoms with Crippen molar-refractivity contribution in [1.29, 1.82) is 0 Å². The minimum absolute atomic E-state index is 1.18. The smallest absolute Gasteiger partial charge is 0.168 e. The zero-order chi connectivity index (χ0) is 19.3. The van der Waals surface area contributed by atoms with E-state index in [0.29, 0.717) is 0 Å². The van der Waals surface area contributed by atoms with Gasteiger partial charge in [-0.1, -0.05) is 90.0 Å². The zero-order valence-corrected chi connectivity index (χ0v) is 18.4. The molecule has 0 saturated carbocycles. The Bertz CT molecular complexity index is 359. The summed E-state index contributed by atoms with van der Waals surface area (Å²) in [5.74, 6) is 0. The van der Waals surface area contributed by atoms with Gasteiger partial charge in [0.1, 0.15) is 6.54 Å². The maximum Gasteiger partial charge on any atom is 0.168 e. The van der Waals surface area contributed by atoms with Crippen LogP contribution in [0.5, 0.6) is 0 Å². The quantitative estimate of drug-likeness (QED) is 0.250. The van der Waals surface area contributed by atoms with E-state index in [0.717, 1.165) is 0 Å². The summed E-state index contributed by atoms with van der Waals surface area (Å²) in [6, 6.07) is 6.31. The third-order valence-electron chi connectivity index (χ3n) is 4.55. The molecule has 0 unspecified atom stereocenters. The molecule has 2 nitrogen and oxygen atoms in total. The molecule has 0 bridgehead atoms. The standard InChI is InChI=1S/C21H38N.C3H9N/c1-2-3-4-5-6-7-8-9-10-11-12-13-14-16-19-22-20-17-15-18-21-22;1-4(2)3/h15,17-18,20-21H,2-14,16,19H2,1H3;1-3H3/q+1;. The summed E-state index contributed by atoms with van der Waals surface area (Å²) in [6.07, 6.45) is 24.4. The highest BCUT2D eigenvalue weighted by Crippen LogP contribution is 2.12. The third-order valence-corrected chi connectivity index (χ3v) is 4.55. The highest BCUT2D eigenvalue weighted by Gasteiger charge is 1.98. The van der Waals surface area contributed by atoms with Crippen LogP contribution < -0.4 is 4.57 Å². The molecular weight excluding hydrogens is 316 g/mol. The molecule has 0 saturated heterocycles. The van der Waals surface area contributed by atoms with Crippen LogP contribution in [-0.4, -0.2) is 26.0 Å². The summed E-state index contributed by atoms with van der Waals surface area (Å²) in [6.45, 7) is 3.47. The molecule has 0 aromatic carbocycles. The fraction of sp³-hybridized carbons (Fsp3) is 0.792. The first-order chi connectivity index (χ1) is 12.7. The van der Waals surface area contributed by atoms with E-state index in [9.17, 15) is 0 Å². The minimum atomic E-state index is 1.18. The number of hydrogen-bond donors (Lipinski definition) is 0. The van der Waals surface area contributed by atoms with E-state index in [1.807, 2.05) is 26.0 Å². The van der Waals surface area contributed by atoms with Gasteiger partial charge in [-0.15, -0.1) is 0 Å². The van der Waals surface area contributed by atoms with Gasteiger partial charge in [-0.2, -0.15) is 0 Å². The summed E-state index contributed by atoms with van der Waals surface area (Å²) < 4.78 is 2.29. The van der Waals surface area contributed by atoms with Crippen molar-refractivity contribution in [3.8, 4) is 0 Å². The van der Waals surface area contributed by atoms with Crippen molar-refractivity contribution in [3.63, 3.8) is 0 Å². The first-order valence-corrected chi connectivity index (χ1v) is 11.2. The van der Waals surface area contributed by atoms with Crippen LogP contribution in [0.2, 0.25) is 0 Å². The van der Waals surface area contributed by atoms with Crippen molar-refractivity contribution in [3.05, 3.63) is 30.6 Å². The van der Waals surface area contributed by atoms with Crippen LogP contribution in [0, 0.1) is 0 Å². The highest BCUT2D eigenvalue weighted by atomic mass is 15.0. The molecule has 1 aromatic rings. The summed E-state index contributed by atoms with van der Waals surface area (Å²) >= 11 is 0. The monoisotopic (exact) mass is 363 g/mol. The Morgan fingerprint density at radius 3 is 1.27 bits per heavy atom. The molecule has 0 aliphatic carbocycles. The molecule has 0 amide bonds. The van der Waals surface area contributed by atoms with Crippen molar-refractivity contribution >= 4 is 0 Å². The Balaban J connectivity index is 0.00000141. The average Bonchev–Trinajstić information content (AvgIpc) is 2.62.